The van der Waals surface area contributed by atoms with Crippen LogP contribution in [0, 0.1) is 0 Å². The summed E-state index contributed by atoms with van der Waals surface area (Å²) in [7, 11) is 0. The van der Waals surface area contributed by atoms with E-state index < -0.39 is 11.8 Å². The Morgan fingerprint density at radius 1 is 1.38 bits per heavy atom. The van der Waals surface area contributed by atoms with Crippen molar-refractivity contribution in [2.75, 3.05) is 13.2 Å². The molecule has 2 amide bonds. The number of hydrazone groups is 1. The summed E-state index contributed by atoms with van der Waals surface area (Å²) in [5.41, 5.74) is 2.80. The molecule has 0 aliphatic carbocycles. The fourth-order valence-corrected chi connectivity index (χ4v) is 2.07. The highest BCUT2D eigenvalue weighted by molar-refractivity contribution is 6.35. The van der Waals surface area contributed by atoms with Crippen LogP contribution in [0.5, 0.6) is 0 Å². The van der Waals surface area contributed by atoms with Gasteiger partial charge in [0, 0.05) is 23.7 Å². The normalized spacial score (nSPS) is 17.9. The van der Waals surface area contributed by atoms with Crippen LogP contribution in [0.15, 0.2) is 29.4 Å². The van der Waals surface area contributed by atoms with Gasteiger partial charge in [0.25, 0.3) is 0 Å². The second kappa shape index (κ2) is 7.75. The predicted molar refractivity (Wildman–Crippen MR) is 79.2 cm³/mol. The fourth-order valence-electron chi connectivity index (χ4n) is 1.88. The molecule has 1 saturated heterocycles. The van der Waals surface area contributed by atoms with Crippen LogP contribution in [0.25, 0.3) is 0 Å². The smallest absolute Gasteiger partial charge is 0.329 e. The molecular formula is C14H16ClN3O3. The molecule has 7 heteroatoms. The number of benzene rings is 1. The third-order valence-electron chi connectivity index (χ3n) is 3.00. The number of ether oxygens (including phenoxy) is 1. The number of nitrogens with zero attached hydrogens (tertiary/aromatic N) is 1. The Morgan fingerprint density at radius 3 is 2.90 bits per heavy atom. The minimum Gasteiger partial charge on any atom is -0.376 e. The summed E-state index contributed by atoms with van der Waals surface area (Å²) in [5.74, 6) is -1.56. The zero-order valence-corrected chi connectivity index (χ0v) is 12.1. The van der Waals surface area contributed by atoms with Gasteiger partial charge in [0.1, 0.15) is 0 Å². The van der Waals surface area contributed by atoms with E-state index in [4.69, 9.17) is 16.3 Å². The molecule has 1 aromatic rings. The maximum absolute atomic E-state index is 11.5. The molecule has 1 atom stereocenters. The molecule has 0 spiro atoms. The van der Waals surface area contributed by atoms with Crippen molar-refractivity contribution in [1.82, 2.24) is 10.7 Å². The number of hydrogen-bond acceptors (Lipinski definition) is 4. The van der Waals surface area contributed by atoms with E-state index in [-0.39, 0.29) is 6.10 Å². The number of carbonyl (C=O) groups is 2. The van der Waals surface area contributed by atoms with E-state index in [0.717, 1.165) is 12.8 Å². The summed E-state index contributed by atoms with van der Waals surface area (Å²) in [6.45, 7) is 1.04. The maximum atomic E-state index is 11.5. The first-order valence-electron chi connectivity index (χ1n) is 6.64. The standard InChI is InChI=1S/C14H16ClN3O3/c15-12-6-2-1-4-10(12)8-17-18-14(20)13(19)16-9-11-5-3-7-21-11/h1-2,4,6,8,11H,3,5,7,9H2,(H,16,19)(H,18,20)/b17-8-/t11-/m1/s1. The van der Waals surface area contributed by atoms with Gasteiger partial charge in [-0.25, -0.2) is 5.43 Å². The van der Waals surface area contributed by atoms with Gasteiger partial charge in [0.15, 0.2) is 0 Å². The Kier molecular flexibility index (Phi) is 5.71. The molecule has 1 aliphatic rings. The van der Waals surface area contributed by atoms with Gasteiger partial charge in [-0.1, -0.05) is 29.8 Å². The molecular weight excluding hydrogens is 294 g/mol. The highest BCUT2D eigenvalue weighted by Gasteiger charge is 2.18. The number of halogens is 1. The van der Waals surface area contributed by atoms with Crippen LogP contribution in [0.3, 0.4) is 0 Å². The first-order valence-corrected chi connectivity index (χ1v) is 7.02. The Labute approximate surface area is 127 Å². The third kappa shape index (κ3) is 4.84. The van der Waals surface area contributed by atoms with Crippen LogP contribution >= 0.6 is 11.6 Å². The summed E-state index contributed by atoms with van der Waals surface area (Å²) in [4.78, 5) is 23.0. The molecule has 0 saturated carbocycles. The fraction of sp³-hybridized carbons (Fsp3) is 0.357. The van der Waals surface area contributed by atoms with Crippen molar-refractivity contribution < 1.29 is 14.3 Å². The quantitative estimate of drug-likeness (QED) is 0.496. The Balaban J connectivity index is 1.75. The summed E-state index contributed by atoms with van der Waals surface area (Å²) in [5, 5.41) is 6.72. The minimum absolute atomic E-state index is 0.00613. The molecule has 0 bridgehead atoms. The number of rotatable bonds is 4. The third-order valence-corrected chi connectivity index (χ3v) is 3.34. The maximum Gasteiger partial charge on any atom is 0.329 e. The lowest BCUT2D eigenvalue weighted by molar-refractivity contribution is -0.139. The zero-order valence-electron chi connectivity index (χ0n) is 11.3. The molecule has 1 fully saturated rings. The Hall–Kier alpha value is -1.92. The molecule has 112 valence electrons. The van der Waals surface area contributed by atoms with Crippen molar-refractivity contribution in [3.8, 4) is 0 Å². The second-order valence-electron chi connectivity index (χ2n) is 4.57. The number of hydrogen-bond donors (Lipinski definition) is 2. The molecule has 2 rings (SSSR count). The molecule has 0 radical (unpaired) electrons. The molecule has 6 nitrogen and oxygen atoms in total. The largest absolute Gasteiger partial charge is 0.376 e. The average Bonchev–Trinajstić information content (AvgIpc) is 3.00. The SMILES string of the molecule is O=C(NC[C@H]1CCCO1)C(=O)N/N=C\c1ccccc1Cl. The van der Waals surface area contributed by atoms with Gasteiger partial charge in [0.05, 0.1) is 12.3 Å². The van der Waals surface area contributed by atoms with E-state index >= 15 is 0 Å². The van der Waals surface area contributed by atoms with Crippen molar-refractivity contribution in [3.63, 3.8) is 0 Å². The Bertz CT molecular complexity index is 542. The van der Waals surface area contributed by atoms with Gasteiger partial charge in [-0.3, -0.25) is 9.59 Å². The van der Waals surface area contributed by atoms with Crippen molar-refractivity contribution >= 4 is 29.6 Å². The van der Waals surface area contributed by atoms with E-state index in [1.54, 1.807) is 24.3 Å². The van der Waals surface area contributed by atoms with Crippen molar-refractivity contribution in [3.05, 3.63) is 34.9 Å². The van der Waals surface area contributed by atoms with E-state index in [2.05, 4.69) is 15.8 Å². The minimum atomic E-state index is -0.823. The van der Waals surface area contributed by atoms with Crippen LogP contribution in [0.2, 0.25) is 5.02 Å². The lowest BCUT2D eigenvalue weighted by atomic mass is 10.2. The highest BCUT2D eigenvalue weighted by atomic mass is 35.5. The molecule has 1 aliphatic heterocycles. The molecule has 1 heterocycles. The summed E-state index contributed by atoms with van der Waals surface area (Å²) in [6, 6.07) is 7.04. The van der Waals surface area contributed by atoms with Gasteiger partial charge in [-0.05, 0) is 18.9 Å². The van der Waals surface area contributed by atoms with E-state index in [0.29, 0.717) is 23.7 Å². The van der Waals surface area contributed by atoms with Gasteiger partial charge in [0.2, 0.25) is 0 Å². The van der Waals surface area contributed by atoms with Crippen LogP contribution in [0.1, 0.15) is 18.4 Å². The van der Waals surface area contributed by atoms with Crippen LogP contribution in [-0.4, -0.2) is 37.3 Å². The second-order valence-corrected chi connectivity index (χ2v) is 4.97. The Morgan fingerprint density at radius 2 is 2.19 bits per heavy atom. The van der Waals surface area contributed by atoms with Crippen molar-refractivity contribution in [2.45, 2.75) is 18.9 Å². The van der Waals surface area contributed by atoms with Crippen molar-refractivity contribution in [1.29, 1.82) is 0 Å². The molecule has 1 aromatic carbocycles. The van der Waals surface area contributed by atoms with Crippen molar-refractivity contribution in [2.24, 2.45) is 5.10 Å². The first kappa shape index (κ1) is 15.5. The highest BCUT2D eigenvalue weighted by Crippen LogP contribution is 2.12. The summed E-state index contributed by atoms with van der Waals surface area (Å²) >= 11 is 5.93. The molecule has 0 aromatic heterocycles. The van der Waals surface area contributed by atoms with Crippen LogP contribution in [-0.2, 0) is 14.3 Å². The topological polar surface area (TPSA) is 79.8 Å². The van der Waals surface area contributed by atoms with E-state index in [1.807, 2.05) is 0 Å². The van der Waals surface area contributed by atoms with Crippen LogP contribution in [0.4, 0.5) is 0 Å². The zero-order chi connectivity index (χ0) is 15.1. The van der Waals surface area contributed by atoms with Gasteiger partial charge < -0.3 is 10.1 Å². The van der Waals surface area contributed by atoms with E-state index in [1.165, 1.54) is 6.21 Å². The molecule has 2 N–H and O–H groups in total. The number of carbonyl (C=O) groups excluding carboxylic acids is 2. The lowest BCUT2D eigenvalue weighted by Gasteiger charge is -2.09. The number of amides is 2. The van der Waals surface area contributed by atoms with Gasteiger partial charge >= 0.3 is 11.8 Å². The molecule has 21 heavy (non-hydrogen) atoms. The first-order chi connectivity index (χ1) is 10.2. The molecule has 0 unspecified atom stereocenters. The number of nitrogens with one attached hydrogen (secondary N) is 2. The van der Waals surface area contributed by atoms with Crippen LogP contribution < -0.4 is 10.7 Å². The monoisotopic (exact) mass is 309 g/mol. The summed E-state index contributed by atoms with van der Waals surface area (Å²) < 4.78 is 5.34. The van der Waals surface area contributed by atoms with E-state index in [9.17, 15) is 9.59 Å². The lowest BCUT2D eigenvalue weighted by Crippen LogP contribution is -2.41. The van der Waals surface area contributed by atoms with Gasteiger partial charge in [-0.2, -0.15) is 5.10 Å². The average molecular weight is 310 g/mol. The predicted octanol–water partition coefficient (Wildman–Crippen LogP) is 1.09. The summed E-state index contributed by atoms with van der Waals surface area (Å²) in [6.07, 6.45) is 3.25. The van der Waals surface area contributed by atoms with Gasteiger partial charge in [-0.15, -0.1) is 0 Å².